The summed E-state index contributed by atoms with van der Waals surface area (Å²) in [5, 5.41) is 12.1. The molecule has 2 aromatic heterocycles. The fourth-order valence-electron chi connectivity index (χ4n) is 3.44. The minimum atomic E-state index is -0.618. The molecule has 4 rings (SSSR count). The Bertz CT molecular complexity index is 899. The number of halogens is 1. The molecule has 1 unspecified atom stereocenters. The Morgan fingerprint density at radius 2 is 1.96 bits per heavy atom. The second-order valence-corrected chi connectivity index (χ2v) is 6.53. The molecule has 0 spiro atoms. The molecule has 3 heterocycles. The molecular formula is C19H24ClNO6. The van der Waals surface area contributed by atoms with Gasteiger partial charge in [-0.15, -0.1) is 12.4 Å². The molecule has 1 aliphatic rings. The van der Waals surface area contributed by atoms with Crippen molar-refractivity contribution in [3.63, 3.8) is 0 Å². The average Bonchev–Trinajstić information content (AvgIpc) is 3.27. The predicted molar refractivity (Wildman–Crippen MR) is 103 cm³/mol. The molecule has 1 aliphatic heterocycles. The Morgan fingerprint density at radius 3 is 2.70 bits per heavy atom. The summed E-state index contributed by atoms with van der Waals surface area (Å²) in [5.41, 5.74) is 2.22. The molecule has 0 radical (unpaired) electrons. The number of nitrogens with zero attached hydrogens (tertiary/aromatic N) is 1. The molecule has 148 valence electrons. The van der Waals surface area contributed by atoms with Crippen LogP contribution in [0.4, 0.5) is 0 Å². The molecule has 1 atom stereocenters. The van der Waals surface area contributed by atoms with Gasteiger partial charge in [-0.25, -0.2) is 0 Å². The lowest BCUT2D eigenvalue weighted by Crippen LogP contribution is -2.42. The normalized spacial score (nSPS) is 16.4. The van der Waals surface area contributed by atoms with E-state index in [0.29, 0.717) is 42.4 Å². The molecule has 1 aromatic carbocycles. The van der Waals surface area contributed by atoms with Crippen LogP contribution in [-0.2, 0) is 4.74 Å². The van der Waals surface area contributed by atoms with Crippen molar-refractivity contribution < 1.29 is 28.2 Å². The van der Waals surface area contributed by atoms with Crippen LogP contribution in [0.25, 0.3) is 21.9 Å². The van der Waals surface area contributed by atoms with Crippen molar-refractivity contribution >= 4 is 34.3 Å². The van der Waals surface area contributed by atoms with Crippen LogP contribution in [0, 0.1) is 6.92 Å². The summed E-state index contributed by atoms with van der Waals surface area (Å²) in [6, 6.07) is 1.85. The van der Waals surface area contributed by atoms with E-state index in [1.165, 1.54) is 0 Å². The van der Waals surface area contributed by atoms with E-state index in [-0.39, 0.29) is 19.0 Å². The number of benzene rings is 1. The van der Waals surface area contributed by atoms with Crippen LogP contribution < -0.4 is 9.47 Å². The van der Waals surface area contributed by atoms with Crippen LogP contribution in [0.15, 0.2) is 27.4 Å². The maximum Gasteiger partial charge on any atom is 0.205 e. The van der Waals surface area contributed by atoms with Gasteiger partial charge in [0, 0.05) is 19.6 Å². The van der Waals surface area contributed by atoms with Gasteiger partial charge in [0.05, 0.1) is 43.6 Å². The third kappa shape index (κ3) is 3.73. The number of fused-ring (bicyclic) bond motifs is 3. The van der Waals surface area contributed by atoms with Crippen LogP contribution in [0.2, 0.25) is 0 Å². The van der Waals surface area contributed by atoms with Gasteiger partial charge < -0.3 is 28.2 Å². The van der Waals surface area contributed by atoms with Crippen molar-refractivity contribution in [3.05, 3.63) is 24.2 Å². The number of aliphatic hydroxyl groups is 1. The Morgan fingerprint density at radius 1 is 1.19 bits per heavy atom. The minimum absolute atomic E-state index is 0. The van der Waals surface area contributed by atoms with E-state index in [1.807, 2.05) is 13.0 Å². The lowest BCUT2D eigenvalue weighted by Gasteiger charge is -2.28. The quantitative estimate of drug-likeness (QED) is 0.685. The Labute approximate surface area is 163 Å². The van der Waals surface area contributed by atoms with Crippen LogP contribution in [0.3, 0.4) is 0 Å². The number of rotatable bonds is 6. The maximum atomic E-state index is 10.4. The third-order valence-corrected chi connectivity index (χ3v) is 4.72. The number of methoxy groups -OCH3 is 1. The molecule has 0 aliphatic carbocycles. The summed E-state index contributed by atoms with van der Waals surface area (Å²) in [4.78, 5) is 2.17. The van der Waals surface area contributed by atoms with Gasteiger partial charge in [-0.3, -0.25) is 4.90 Å². The summed E-state index contributed by atoms with van der Waals surface area (Å²) >= 11 is 0. The molecule has 8 heteroatoms. The van der Waals surface area contributed by atoms with Gasteiger partial charge in [0.25, 0.3) is 0 Å². The number of hydrogen-bond donors (Lipinski definition) is 1. The topological polar surface area (TPSA) is 77.4 Å². The summed E-state index contributed by atoms with van der Waals surface area (Å²) in [6.45, 7) is 5.69. The molecule has 3 aromatic rings. The highest BCUT2D eigenvalue weighted by Gasteiger charge is 2.24. The highest BCUT2D eigenvalue weighted by atomic mass is 35.5. The highest BCUT2D eigenvalue weighted by molar-refractivity contribution is 6.10. The van der Waals surface area contributed by atoms with Crippen molar-refractivity contribution in [1.82, 2.24) is 4.90 Å². The molecular weight excluding hydrogens is 374 g/mol. The standard InChI is InChI=1S/C19H23NO6.ClH/c1-12-10-25-16-14-3-6-24-17(14)19(22-2)18(15(12)16)26-11-13(21)9-20-4-7-23-8-5-20;/h3,6,10,13,21H,4-5,7-9,11H2,1-2H3;1H. The number of morpholine rings is 1. The summed E-state index contributed by atoms with van der Waals surface area (Å²) < 4.78 is 28.2. The van der Waals surface area contributed by atoms with E-state index in [2.05, 4.69) is 4.90 Å². The van der Waals surface area contributed by atoms with Crippen LogP contribution >= 0.6 is 12.4 Å². The zero-order chi connectivity index (χ0) is 18.1. The van der Waals surface area contributed by atoms with Gasteiger partial charge in [-0.2, -0.15) is 0 Å². The fraction of sp³-hybridized carbons (Fsp3) is 0.474. The lowest BCUT2D eigenvalue weighted by molar-refractivity contribution is 0.00460. The summed E-state index contributed by atoms with van der Waals surface area (Å²) in [6.07, 6.45) is 2.67. The third-order valence-electron chi connectivity index (χ3n) is 4.72. The van der Waals surface area contributed by atoms with Gasteiger partial charge in [-0.05, 0) is 18.6 Å². The van der Waals surface area contributed by atoms with Gasteiger partial charge in [0.2, 0.25) is 5.75 Å². The van der Waals surface area contributed by atoms with Crippen LogP contribution in [-0.4, -0.2) is 62.7 Å². The van der Waals surface area contributed by atoms with Crippen LogP contribution in [0.5, 0.6) is 11.5 Å². The zero-order valence-corrected chi connectivity index (χ0v) is 16.2. The van der Waals surface area contributed by atoms with E-state index in [0.717, 1.165) is 29.4 Å². The number of aryl methyl sites for hydroxylation is 1. The number of furan rings is 2. The SMILES string of the molecule is COc1c(OCC(O)CN2CCOCC2)c2c(C)coc2c2ccoc12.Cl. The van der Waals surface area contributed by atoms with E-state index < -0.39 is 6.10 Å². The summed E-state index contributed by atoms with van der Waals surface area (Å²) in [5.74, 6) is 1.05. The Balaban J connectivity index is 0.00000210. The fourth-order valence-corrected chi connectivity index (χ4v) is 3.44. The van der Waals surface area contributed by atoms with Crippen LogP contribution in [0.1, 0.15) is 5.56 Å². The monoisotopic (exact) mass is 397 g/mol. The van der Waals surface area contributed by atoms with Crippen molar-refractivity contribution in [2.45, 2.75) is 13.0 Å². The first-order valence-corrected chi connectivity index (χ1v) is 8.75. The number of aliphatic hydroxyl groups excluding tert-OH is 1. The number of β-amino-alcohol motifs (C(OH)–C–C–N with tert-alkyl or cyclic N) is 1. The average molecular weight is 398 g/mol. The zero-order valence-electron chi connectivity index (χ0n) is 15.4. The van der Waals surface area contributed by atoms with Gasteiger partial charge >= 0.3 is 0 Å². The van der Waals surface area contributed by atoms with Crippen molar-refractivity contribution in [3.8, 4) is 11.5 Å². The number of hydrogen-bond acceptors (Lipinski definition) is 7. The first-order valence-electron chi connectivity index (χ1n) is 8.75. The van der Waals surface area contributed by atoms with E-state index in [9.17, 15) is 5.11 Å². The second-order valence-electron chi connectivity index (χ2n) is 6.53. The molecule has 7 nitrogen and oxygen atoms in total. The molecule has 0 amide bonds. The van der Waals surface area contributed by atoms with Gasteiger partial charge in [0.1, 0.15) is 18.3 Å². The molecule has 27 heavy (non-hydrogen) atoms. The first kappa shape index (κ1) is 19.8. The molecule has 0 saturated carbocycles. The van der Waals surface area contributed by atoms with E-state index in [4.69, 9.17) is 23.0 Å². The van der Waals surface area contributed by atoms with Crippen molar-refractivity contribution in [2.75, 3.05) is 46.6 Å². The summed E-state index contributed by atoms with van der Waals surface area (Å²) in [7, 11) is 1.58. The molecule has 0 bridgehead atoms. The number of ether oxygens (including phenoxy) is 3. The molecule has 1 saturated heterocycles. The minimum Gasteiger partial charge on any atom is -0.490 e. The maximum absolute atomic E-state index is 10.4. The van der Waals surface area contributed by atoms with Crippen molar-refractivity contribution in [2.24, 2.45) is 0 Å². The van der Waals surface area contributed by atoms with E-state index in [1.54, 1.807) is 19.6 Å². The predicted octanol–water partition coefficient (Wildman–Crippen LogP) is 2.99. The van der Waals surface area contributed by atoms with E-state index >= 15 is 0 Å². The first-order chi connectivity index (χ1) is 12.7. The lowest BCUT2D eigenvalue weighted by atomic mass is 10.1. The molecule has 1 fully saturated rings. The van der Waals surface area contributed by atoms with Gasteiger partial charge in [-0.1, -0.05) is 0 Å². The smallest absolute Gasteiger partial charge is 0.205 e. The second kappa shape index (κ2) is 8.39. The Hall–Kier alpha value is -1.93. The van der Waals surface area contributed by atoms with Gasteiger partial charge in [0.15, 0.2) is 11.3 Å². The highest BCUT2D eigenvalue weighted by Crippen LogP contribution is 2.45. The van der Waals surface area contributed by atoms with Crippen molar-refractivity contribution in [1.29, 1.82) is 0 Å². The molecule has 1 N–H and O–H groups in total. The largest absolute Gasteiger partial charge is 0.490 e. The Kier molecular flexibility index (Phi) is 6.16.